The van der Waals surface area contributed by atoms with E-state index in [4.69, 9.17) is 0 Å². The largest absolute Gasteiger partial charge is 0.480 e. The summed E-state index contributed by atoms with van der Waals surface area (Å²) < 4.78 is 0. The van der Waals surface area contributed by atoms with E-state index in [0.29, 0.717) is 23.9 Å². The SMILES string of the molecule is CCC1CCC(NC(=O)Nc2nc(C)cs2)(C(=O)O)CC1. The van der Waals surface area contributed by atoms with Crippen LogP contribution in [0.5, 0.6) is 0 Å². The van der Waals surface area contributed by atoms with Gasteiger partial charge >= 0.3 is 12.0 Å². The van der Waals surface area contributed by atoms with Gasteiger partial charge in [-0.1, -0.05) is 13.3 Å². The summed E-state index contributed by atoms with van der Waals surface area (Å²) in [6, 6.07) is -0.498. The number of nitrogens with zero attached hydrogens (tertiary/aromatic N) is 1. The first-order chi connectivity index (χ1) is 9.95. The predicted octanol–water partition coefficient (Wildman–Crippen LogP) is 3.00. The Labute approximate surface area is 128 Å². The standard InChI is InChI=1S/C14H21N3O3S/c1-3-10-4-6-14(7-5-10,11(18)19)17-12(20)16-13-15-9(2)8-21-13/h8,10H,3-7H2,1-2H3,(H,18,19)(H2,15,16,17,20). The Morgan fingerprint density at radius 2 is 2.14 bits per heavy atom. The third-order valence-electron chi connectivity index (χ3n) is 4.14. The van der Waals surface area contributed by atoms with Crippen molar-refractivity contribution in [2.75, 3.05) is 5.32 Å². The number of carbonyl (C=O) groups excluding carboxylic acids is 1. The molecule has 0 bridgehead atoms. The normalized spacial score (nSPS) is 25.3. The summed E-state index contributed by atoms with van der Waals surface area (Å²) >= 11 is 1.32. The zero-order chi connectivity index (χ0) is 15.5. The second-order valence-electron chi connectivity index (χ2n) is 5.61. The molecule has 0 spiro atoms. The van der Waals surface area contributed by atoms with Gasteiger partial charge in [0.25, 0.3) is 0 Å². The number of carboxylic acid groups (broad SMARTS) is 1. The molecule has 0 radical (unpaired) electrons. The van der Waals surface area contributed by atoms with Crippen molar-refractivity contribution >= 4 is 28.5 Å². The molecule has 1 saturated carbocycles. The highest BCUT2D eigenvalue weighted by Gasteiger charge is 2.43. The number of hydrogen-bond donors (Lipinski definition) is 3. The zero-order valence-corrected chi connectivity index (χ0v) is 13.1. The van der Waals surface area contributed by atoms with Crippen LogP contribution in [0.15, 0.2) is 5.38 Å². The van der Waals surface area contributed by atoms with Gasteiger partial charge in [-0.25, -0.2) is 14.6 Å². The number of carboxylic acids is 1. The second kappa shape index (κ2) is 6.43. The van der Waals surface area contributed by atoms with Gasteiger partial charge in [0.2, 0.25) is 0 Å². The van der Waals surface area contributed by atoms with Crippen molar-refractivity contribution < 1.29 is 14.7 Å². The molecule has 1 aliphatic rings. The lowest BCUT2D eigenvalue weighted by atomic mass is 9.75. The van der Waals surface area contributed by atoms with E-state index >= 15 is 0 Å². The molecule has 1 aromatic rings. The number of carbonyl (C=O) groups is 2. The highest BCUT2D eigenvalue weighted by molar-refractivity contribution is 7.13. The Morgan fingerprint density at radius 3 is 2.62 bits per heavy atom. The Hall–Kier alpha value is -1.63. The monoisotopic (exact) mass is 311 g/mol. The van der Waals surface area contributed by atoms with Gasteiger partial charge in [0.05, 0.1) is 5.69 Å². The van der Waals surface area contributed by atoms with E-state index in [-0.39, 0.29) is 0 Å². The van der Waals surface area contributed by atoms with Gasteiger partial charge in [-0.05, 0) is 38.5 Å². The number of aliphatic carboxylic acids is 1. The molecule has 1 heterocycles. The number of nitrogens with one attached hydrogen (secondary N) is 2. The lowest BCUT2D eigenvalue weighted by Crippen LogP contribution is -2.57. The first-order valence-corrected chi connectivity index (χ1v) is 8.08. The maximum absolute atomic E-state index is 12.0. The molecular formula is C14H21N3O3S. The highest BCUT2D eigenvalue weighted by Crippen LogP contribution is 2.34. The first-order valence-electron chi connectivity index (χ1n) is 7.20. The van der Waals surface area contributed by atoms with Crippen LogP contribution >= 0.6 is 11.3 Å². The van der Waals surface area contributed by atoms with Crippen molar-refractivity contribution in [3.05, 3.63) is 11.1 Å². The van der Waals surface area contributed by atoms with Crippen molar-refractivity contribution in [3.63, 3.8) is 0 Å². The van der Waals surface area contributed by atoms with Gasteiger partial charge in [0.1, 0.15) is 5.54 Å². The van der Waals surface area contributed by atoms with E-state index in [1.165, 1.54) is 11.3 Å². The van der Waals surface area contributed by atoms with Crippen LogP contribution in [-0.2, 0) is 4.79 Å². The molecule has 7 heteroatoms. The average Bonchev–Trinajstić information content (AvgIpc) is 2.84. The molecule has 0 aliphatic heterocycles. The Morgan fingerprint density at radius 1 is 1.48 bits per heavy atom. The maximum Gasteiger partial charge on any atom is 0.329 e. The first kappa shape index (κ1) is 15.8. The van der Waals surface area contributed by atoms with Gasteiger partial charge < -0.3 is 10.4 Å². The maximum atomic E-state index is 12.0. The Kier molecular flexibility index (Phi) is 4.82. The summed E-state index contributed by atoms with van der Waals surface area (Å²) in [5, 5.41) is 17.1. The van der Waals surface area contributed by atoms with E-state index in [0.717, 1.165) is 25.0 Å². The van der Waals surface area contributed by atoms with Crippen molar-refractivity contribution in [1.82, 2.24) is 10.3 Å². The molecule has 116 valence electrons. The summed E-state index contributed by atoms with van der Waals surface area (Å²) in [4.78, 5) is 27.8. The summed E-state index contributed by atoms with van der Waals surface area (Å²) in [5.74, 6) is -0.397. The van der Waals surface area contributed by atoms with E-state index in [1.807, 2.05) is 12.3 Å². The molecule has 2 rings (SSSR count). The summed E-state index contributed by atoms with van der Waals surface area (Å²) in [5.41, 5.74) is -0.325. The fraction of sp³-hybridized carbons (Fsp3) is 0.643. The lowest BCUT2D eigenvalue weighted by molar-refractivity contribution is -0.146. The summed E-state index contributed by atoms with van der Waals surface area (Å²) in [7, 11) is 0. The van der Waals surface area contributed by atoms with Crippen LogP contribution in [0, 0.1) is 12.8 Å². The number of hydrogen-bond acceptors (Lipinski definition) is 4. The quantitative estimate of drug-likeness (QED) is 0.797. The van der Waals surface area contributed by atoms with Gasteiger partial charge in [0.15, 0.2) is 5.13 Å². The number of thiazole rings is 1. The second-order valence-corrected chi connectivity index (χ2v) is 6.47. The number of anilines is 1. The van der Waals surface area contributed by atoms with Crippen LogP contribution in [0.25, 0.3) is 0 Å². The molecule has 1 fully saturated rings. The minimum Gasteiger partial charge on any atom is -0.480 e. The molecule has 21 heavy (non-hydrogen) atoms. The number of rotatable bonds is 4. The minimum atomic E-state index is -1.15. The molecular weight excluding hydrogens is 290 g/mol. The molecule has 0 atom stereocenters. The average molecular weight is 311 g/mol. The zero-order valence-electron chi connectivity index (χ0n) is 12.3. The molecule has 1 aromatic heterocycles. The minimum absolute atomic E-state index is 0.477. The smallest absolute Gasteiger partial charge is 0.329 e. The molecule has 6 nitrogen and oxygen atoms in total. The summed E-state index contributed by atoms with van der Waals surface area (Å²) in [6.07, 6.45) is 3.68. The molecule has 2 amide bonds. The van der Waals surface area contributed by atoms with Gasteiger partial charge in [-0.2, -0.15) is 0 Å². The van der Waals surface area contributed by atoms with E-state index in [1.54, 1.807) is 0 Å². The fourth-order valence-corrected chi connectivity index (χ4v) is 3.41. The number of aromatic nitrogens is 1. The van der Waals surface area contributed by atoms with E-state index in [9.17, 15) is 14.7 Å². The fourth-order valence-electron chi connectivity index (χ4n) is 2.73. The van der Waals surface area contributed by atoms with Crippen LogP contribution < -0.4 is 10.6 Å². The molecule has 0 saturated heterocycles. The lowest BCUT2D eigenvalue weighted by Gasteiger charge is -2.37. The topological polar surface area (TPSA) is 91.3 Å². The van der Waals surface area contributed by atoms with Gasteiger partial charge in [0, 0.05) is 5.38 Å². The molecule has 0 aromatic carbocycles. The Bertz CT molecular complexity index is 521. The molecule has 3 N–H and O–H groups in total. The van der Waals surface area contributed by atoms with Crippen molar-refractivity contribution in [2.45, 2.75) is 51.5 Å². The predicted molar refractivity (Wildman–Crippen MR) is 81.6 cm³/mol. The Balaban J connectivity index is 2.00. The van der Waals surface area contributed by atoms with E-state index < -0.39 is 17.5 Å². The van der Waals surface area contributed by atoms with Crippen LogP contribution in [0.3, 0.4) is 0 Å². The van der Waals surface area contributed by atoms with Gasteiger partial charge in [-0.3, -0.25) is 5.32 Å². The van der Waals surface area contributed by atoms with Crippen molar-refractivity contribution in [2.24, 2.45) is 5.92 Å². The van der Waals surface area contributed by atoms with Crippen LogP contribution in [0.4, 0.5) is 9.93 Å². The molecule has 0 unspecified atom stereocenters. The van der Waals surface area contributed by atoms with Crippen molar-refractivity contribution in [3.8, 4) is 0 Å². The van der Waals surface area contributed by atoms with Crippen molar-refractivity contribution in [1.29, 1.82) is 0 Å². The van der Waals surface area contributed by atoms with Crippen LogP contribution in [0.1, 0.15) is 44.7 Å². The third kappa shape index (κ3) is 3.72. The number of urea groups is 1. The van der Waals surface area contributed by atoms with Crippen LogP contribution in [-0.4, -0.2) is 27.6 Å². The van der Waals surface area contributed by atoms with Gasteiger partial charge in [-0.15, -0.1) is 11.3 Å². The highest BCUT2D eigenvalue weighted by atomic mass is 32.1. The summed E-state index contributed by atoms with van der Waals surface area (Å²) in [6.45, 7) is 3.95. The third-order valence-corrected chi connectivity index (χ3v) is 5.01. The molecule has 1 aliphatic carbocycles. The van der Waals surface area contributed by atoms with Crippen LogP contribution in [0.2, 0.25) is 0 Å². The van der Waals surface area contributed by atoms with E-state index in [2.05, 4.69) is 22.5 Å². The number of amides is 2. The number of aryl methyl sites for hydroxylation is 1.